The SMILES string of the molecule is O=C(O)CCC1CN(C(=O)[C@H](CC2CC2)NC(=O)OCC2c3ccccc3-c3ccccc32)C1. The predicted molar refractivity (Wildman–Crippen MR) is 126 cm³/mol. The molecule has 2 aliphatic carbocycles. The maximum absolute atomic E-state index is 13.0. The van der Waals surface area contributed by atoms with Crippen LogP contribution in [0, 0.1) is 11.8 Å². The van der Waals surface area contributed by atoms with Crippen molar-refractivity contribution in [3.05, 3.63) is 59.7 Å². The van der Waals surface area contributed by atoms with E-state index < -0.39 is 18.1 Å². The first-order chi connectivity index (χ1) is 16.5. The number of ether oxygens (including phenoxy) is 1. The van der Waals surface area contributed by atoms with Crippen molar-refractivity contribution >= 4 is 18.0 Å². The molecule has 1 atom stereocenters. The number of nitrogens with one attached hydrogen (secondary N) is 1. The molecule has 2 amide bonds. The molecule has 0 radical (unpaired) electrons. The lowest BCUT2D eigenvalue weighted by Crippen LogP contribution is -2.57. The number of likely N-dealkylation sites (tertiary alicyclic amines) is 1. The van der Waals surface area contributed by atoms with E-state index in [0.29, 0.717) is 31.8 Å². The molecule has 7 nitrogen and oxygen atoms in total. The number of fused-ring (bicyclic) bond motifs is 3. The van der Waals surface area contributed by atoms with Crippen molar-refractivity contribution in [1.29, 1.82) is 0 Å². The Morgan fingerprint density at radius 3 is 2.18 bits per heavy atom. The molecule has 1 saturated heterocycles. The summed E-state index contributed by atoms with van der Waals surface area (Å²) in [5.41, 5.74) is 4.64. The van der Waals surface area contributed by atoms with Crippen LogP contribution in [0.25, 0.3) is 11.1 Å². The summed E-state index contributed by atoms with van der Waals surface area (Å²) in [5.74, 6) is -0.246. The van der Waals surface area contributed by atoms with E-state index in [-0.39, 0.29) is 30.8 Å². The third kappa shape index (κ3) is 4.79. The molecule has 34 heavy (non-hydrogen) atoms. The summed E-state index contributed by atoms with van der Waals surface area (Å²) in [6, 6.07) is 15.8. The molecular weight excluding hydrogens is 432 g/mol. The molecule has 178 valence electrons. The van der Waals surface area contributed by atoms with E-state index >= 15 is 0 Å². The standard InChI is InChI=1S/C27H30N2O5/c30-25(31)12-11-18-14-29(15-18)26(32)24(13-17-9-10-17)28-27(33)34-16-23-21-7-3-1-5-19(21)20-6-2-4-8-22(20)23/h1-8,17-18,23-24H,9-16H2,(H,28,33)(H,30,31)/t24-/m0/s1. The van der Waals surface area contributed by atoms with E-state index in [4.69, 9.17) is 9.84 Å². The molecule has 2 aromatic carbocycles. The molecular formula is C27H30N2O5. The highest BCUT2D eigenvalue weighted by atomic mass is 16.5. The second-order valence-electron chi connectivity index (χ2n) is 9.74. The van der Waals surface area contributed by atoms with Crippen molar-refractivity contribution in [2.24, 2.45) is 11.8 Å². The van der Waals surface area contributed by atoms with Crippen molar-refractivity contribution in [3.63, 3.8) is 0 Å². The van der Waals surface area contributed by atoms with Gasteiger partial charge in [0.05, 0.1) is 0 Å². The monoisotopic (exact) mass is 462 g/mol. The fraction of sp³-hybridized carbons (Fsp3) is 0.444. The molecule has 2 N–H and O–H groups in total. The van der Waals surface area contributed by atoms with Gasteiger partial charge in [-0.15, -0.1) is 0 Å². The van der Waals surface area contributed by atoms with Gasteiger partial charge in [0.2, 0.25) is 5.91 Å². The predicted octanol–water partition coefficient (Wildman–Crippen LogP) is 4.02. The van der Waals surface area contributed by atoms with Gasteiger partial charge >= 0.3 is 12.1 Å². The Bertz CT molecular complexity index is 1040. The molecule has 1 aliphatic heterocycles. The molecule has 1 saturated carbocycles. The van der Waals surface area contributed by atoms with E-state index in [1.54, 1.807) is 4.90 Å². The number of rotatable bonds is 9. The smallest absolute Gasteiger partial charge is 0.407 e. The van der Waals surface area contributed by atoms with Crippen LogP contribution in [0.1, 0.15) is 49.1 Å². The first kappa shape index (κ1) is 22.4. The third-order valence-corrected chi connectivity index (χ3v) is 7.24. The highest BCUT2D eigenvalue weighted by molar-refractivity contribution is 5.86. The molecule has 0 aromatic heterocycles. The van der Waals surface area contributed by atoms with E-state index in [1.807, 2.05) is 24.3 Å². The summed E-state index contributed by atoms with van der Waals surface area (Å²) in [4.78, 5) is 38.3. The van der Waals surface area contributed by atoms with Crippen LogP contribution in [0.5, 0.6) is 0 Å². The van der Waals surface area contributed by atoms with Crippen LogP contribution in [0.15, 0.2) is 48.5 Å². The number of nitrogens with zero attached hydrogens (tertiary/aromatic N) is 1. The number of hydrogen-bond donors (Lipinski definition) is 2. The van der Waals surface area contributed by atoms with Crippen molar-refractivity contribution in [2.75, 3.05) is 19.7 Å². The lowest BCUT2D eigenvalue weighted by Gasteiger charge is -2.41. The highest BCUT2D eigenvalue weighted by Crippen LogP contribution is 2.44. The summed E-state index contributed by atoms with van der Waals surface area (Å²) in [7, 11) is 0. The number of benzene rings is 2. The first-order valence-corrected chi connectivity index (χ1v) is 12.1. The largest absolute Gasteiger partial charge is 0.481 e. The average molecular weight is 463 g/mol. The topological polar surface area (TPSA) is 95.9 Å². The van der Waals surface area contributed by atoms with Gasteiger partial charge in [0.15, 0.2) is 0 Å². The van der Waals surface area contributed by atoms with Crippen LogP contribution >= 0.6 is 0 Å². The Balaban J connectivity index is 1.18. The molecule has 0 bridgehead atoms. The van der Waals surface area contributed by atoms with Crippen LogP contribution in [0.4, 0.5) is 4.79 Å². The first-order valence-electron chi connectivity index (χ1n) is 12.1. The number of hydrogen-bond acceptors (Lipinski definition) is 4. The minimum absolute atomic E-state index is 0.0268. The summed E-state index contributed by atoms with van der Waals surface area (Å²) in [6.07, 6.45) is 2.92. The second kappa shape index (κ2) is 9.49. The molecule has 5 rings (SSSR count). The van der Waals surface area contributed by atoms with Crippen molar-refractivity contribution < 1.29 is 24.2 Å². The third-order valence-electron chi connectivity index (χ3n) is 7.24. The zero-order valence-corrected chi connectivity index (χ0v) is 19.1. The summed E-state index contributed by atoms with van der Waals surface area (Å²) >= 11 is 0. The van der Waals surface area contributed by atoms with Gasteiger partial charge in [-0.25, -0.2) is 4.79 Å². The van der Waals surface area contributed by atoms with Crippen molar-refractivity contribution in [2.45, 2.75) is 44.1 Å². The fourth-order valence-corrected chi connectivity index (χ4v) is 5.17. The quantitative estimate of drug-likeness (QED) is 0.587. The second-order valence-corrected chi connectivity index (χ2v) is 9.74. The maximum Gasteiger partial charge on any atom is 0.407 e. The molecule has 7 heteroatoms. The number of carbonyl (C=O) groups excluding carboxylic acids is 2. The number of amides is 2. The normalized spacial score (nSPS) is 17.9. The van der Waals surface area contributed by atoms with Gasteiger partial charge in [0, 0.05) is 25.4 Å². The lowest BCUT2D eigenvalue weighted by molar-refractivity contribution is -0.141. The number of aliphatic carboxylic acids is 1. The van der Waals surface area contributed by atoms with E-state index in [2.05, 4.69) is 29.6 Å². The van der Waals surface area contributed by atoms with Gasteiger partial charge in [-0.1, -0.05) is 61.4 Å². The van der Waals surface area contributed by atoms with Crippen LogP contribution in [0.2, 0.25) is 0 Å². The van der Waals surface area contributed by atoms with Crippen LogP contribution in [0.3, 0.4) is 0 Å². The minimum Gasteiger partial charge on any atom is -0.481 e. The van der Waals surface area contributed by atoms with Gasteiger partial charge < -0.3 is 20.1 Å². The van der Waals surface area contributed by atoms with Gasteiger partial charge in [0.1, 0.15) is 12.6 Å². The number of carbonyl (C=O) groups is 3. The highest BCUT2D eigenvalue weighted by Gasteiger charge is 2.38. The summed E-state index contributed by atoms with van der Waals surface area (Å²) in [5, 5.41) is 11.7. The van der Waals surface area contributed by atoms with E-state index in [0.717, 1.165) is 24.0 Å². The Morgan fingerprint density at radius 2 is 1.59 bits per heavy atom. The maximum atomic E-state index is 13.0. The molecule has 0 unspecified atom stereocenters. The van der Waals surface area contributed by atoms with E-state index in [9.17, 15) is 14.4 Å². The van der Waals surface area contributed by atoms with Gasteiger partial charge in [0.25, 0.3) is 0 Å². The minimum atomic E-state index is -0.812. The van der Waals surface area contributed by atoms with Crippen LogP contribution in [-0.2, 0) is 14.3 Å². The Hall–Kier alpha value is -3.35. The van der Waals surface area contributed by atoms with Crippen LogP contribution < -0.4 is 5.32 Å². The zero-order valence-electron chi connectivity index (χ0n) is 19.1. The molecule has 1 heterocycles. The van der Waals surface area contributed by atoms with Gasteiger partial charge in [-0.05, 0) is 46.9 Å². The van der Waals surface area contributed by atoms with E-state index in [1.165, 1.54) is 11.1 Å². The Morgan fingerprint density at radius 1 is 0.971 bits per heavy atom. The van der Waals surface area contributed by atoms with Crippen molar-refractivity contribution in [3.8, 4) is 11.1 Å². The molecule has 2 aromatic rings. The number of alkyl carbamates (subject to hydrolysis) is 1. The zero-order chi connectivity index (χ0) is 23.7. The summed E-state index contributed by atoms with van der Waals surface area (Å²) in [6.45, 7) is 1.32. The van der Waals surface area contributed by atoms with Gasteiger partial charge in [-0.3, -0.25) is 9.59 Å². The Labute approximate surface area is 199 Å². The van der Waals surface area contributed by atoms with Gasteiger partial charge in [-0.2, -0.15) is 0 Å². The molecule has 0 spiro atoms. The number of carboxylic acid groups (broad SMARTS) is 1. The average Bonchev–Trinajstić information content (AvgIpc) is 3.56. The Kier molecular flexibility index (Phi) is 6.26. The fourth-order valence-electron chi connectivity index (χ4n) is 5.17. The van der Waals surface area contributed by atoms with Crippen LogP contribution in [-0.4, -0.2) is 53.7 Å². The lowest BCUT2D eigenvalue weighted by atomic mass is 9.93. The molecule has 3 aliphatic rings. The molecule has 2 fully saturated rings. The number of carboxylic acids is 1. The summed E-state index contributed by atoms with van der Waals surface area (Å²) < 4.78 is 5.65. The van der Waals surface area contributed by atoms with Crippen molar-refractivity contribution in [1.82, 2.24) is 10.2 Å².